The van der Waals surface area contributed by atoms with Gasteiger partial charge in [-0.2, -0.15) is 0 Å². The van der Waals surface area contributed by atoms with E-state index in [0.717, 1.165) is 0 Å². The van der Waals surface area contributed by atoms with E-state index in [1.807, 2.05) is 0 Å². The standard InChI is InChI=1S/C14H14/c1-2-4-13(5-3-1)14-9-6-12(7-10-14)8-11-14/h1-7,9-10,12H,8,11H2. The zero-order valence-electron chi connectivity index (χ0n) is 8.19. The summed E-state index contributed by atoms with van der Waals surface area (Å²) in [5, 5.41) is 0. The molecule has 0 spiro atoms. The predicted molar refractivity (Wildman–Crippen MR) is 59.1 cm³/mol. The highest BCUT2D eigenvalue weighted by Crippen LogP contribution is 2.42. The molecule has 0 aliphatic heterocycles. The van der Waals surface area contributed by atoms with Gasteiger partial charge in [0.2, 0.25) is 0 Å². The molecule has 3 aliphatic rings. The molecule has 0 heterocycles. The van der Waals surface area contributed by atoms with Crippen LogP contribution in [0.25, 0.3) is 0 Å². The van der Waals surface area contributed by atoms with Gasteiger partial charge in [0.25, 0.3) is 0 Å². The molecule has 1 aromatic rings. The Morgan fingerprint density at radius 3 is 2.29 bits per heavy atom. The lowest BCUT2D eigenvalue weighted by Gasteiger charge is -2.37. The number of rotatable bonds is 1. The van der Waals surface area contributed by atoms with Gasteiger partial charge in [-0.1, -0.05) is 54.6 Å². The summed E-state index contributed by atoms with van der Waals surface area (Å²) in [6.45, 7) is 0. The largest absolute Gasteiger partial charge is 0.0804 e. The maximum Gasteiger partial charge on any atom is 0.0312 e. The lowest BCUT2D eigenvalue weighted by Crippen LogP contribution is -2.28. The number of hydrogen-bond donors (Lipinski definition) is 0. The first-order valence-corrected chi connectivity index (χ1v) is 5.33. The minimum Gasteiger partial charge on any atom is -0.0804 e. The van der Waals surface area contributed by atoms with Gasteiger partial charge in [0, 0.05) is 5.41 Å². The van der Waals surface area contributed by atoms with E-state index in [9.17, 15) is 0 Å². The Morgan fingerprint density at radius 1 is 1.00 bits per heavy atom. The molecule has 4 rings (SSSR count). The summed E-state index contributed by atoms with van der Waals surface area (Å²) in [4.78, 5) is 0. The van der Waals surface area contributed by atoms with E-state index in [4.69, 9.17) is 0 Å². The van der Waals surface area contributed by atoms with Gasteiger partial charge in [-0.15, -0.1) is 0 Å². The van der Waals surface area contributed by atoms with Crippen molar-refractivity contribution in [1.82, 2.24) is 0 Å². The van der Waals surface area contributed by atoms with Crippen molar-refractivity contribution in [2.45, 2.75) is 18.3 Å². The van der Waals surface area contributed by atoms with Gasteiger partial charge in [-0.05, 0) is 24.3 Å². The molecule has 0 atom stereocenters. The molecule has 14 heavy (non-hydrogen) atoms. The molecule has 1 aromatic carbocycles. The Morgan fingerprint density at radius 2 is 1.71 bits per heavy atom. The monoisotopic (exact) mass is 182 g/mol. The van der Waals surface area contributed by atoms with Crippen LogP contribution in [0, 0.1) is 5.92 Å². The van der Waals surface area contributed by atoms with Crippen molar-refractivity contribution in [2.24, 2.45) is 5.92 Å². The maximum absolute atomic E-state index is 2.39. The lowest BCUT2D eigenvalue weighted by atomic mass is 9.67. The van der Waals surface area contributed by atoms with E-state index < -0.39 is 0 Å². The molecule has 0 amide bonds. The fourth-order valence-corrected chi connectivity index (χ4v) is 2.56. The first-order chi connectivity index (χ1) is 6.89. The Kier molecular flexibility index (Phi) is 1.63. The summed E-state index contributed by atoms with van der Waals surface area (Å²) in [7, 11) is 0. The molecule has 0 radical (unpaired) electrons. The number of allylic oxidation sites excluding steroid dienone is 4. The number of benzene rings is 1. The molecule has 0 saturated carbocycles. The van der Waals surface area contributed by atoms with E-state index in [1.54, 1.807) is 0 Å². The van der Waals surface area contributed by atoms with Crippen molar-refractivity contribution in [1.29, 1.82) is 0 Å². The quantitative estimate of drug-likeness (QED) is 0.583. The van der Waals surface area contributed by atoms with E-state index in [-0.39, 0.29) is 5.41 Å². The first kappa shape index (κ1) is 8.05. The number of hydrogen-bond acceptors (Lipinski definition) is 0. The Labute approximate surface area is 85.0 Å². The van der Waals surface area contributed by atoms with Crippen LogP contribution in [-0.2, 0) is 5.41 Å². The third-order valence-corrected chi connectivity index (χ3v) is 3.48. The first-order valence-electron chi connectivity index (χ1n) is 5.33. The van der Waals surface area contributed by atoms with E-state index in [0.29, 0.717) is 5.92 Å². The van der Waals surface area contributed by atoms with Gasteiger partial charge in [0.15, 0.2) is 0 Å². The van der Waals surface area contributed by atoms with Crippen LogP contribution in [0.5, 0.6) is 0 Å². The fourth-order valence-electron chi connectivity index (χ4n) is 2.56. The summed E-state index contributed by atoms with van der Waals surface area (Å²) < 4.78 is 0. The predicted octanol–water partition coefficient (Wildman–Crippen LogP) is 3.46. The second-order valence-electron chi connectivity index (χ2n) is 4.33. The fraction of sp³-hybridized carbons (Fsp3) is 0.286. The van der Waals surface area contributed by atoms with Crippen LogP contribution in [0.3, 0.4) is 0 Å². The average Bonchev–Trinajstić information content (AvgIpc) is 2.33. The van der Waals surface area contributed by atoms with Crippen molar-refractivity contribution >= 4 is 0 Å². The summed E-state index contributed by atoms with van der Waals surface area (Å²) in [6, 6.07) is 10.8. The zero-order valence-corrected chi connectivity index (χ0v) is 8.19. The minimum atomic E-state index is 0.218. The lowest BCUT2D eigenvalue weighted by molar-refractivity contribution is 0.470. The molecule has 0 unspecified atom stereocenters. The van der Waals surface area contributed by atoms with Crippen molar-refractivity contribution in [3.63, 3.8) is 0 Å². The molecule has 0 N–H and O–H groups in total. The summed E-state index contributed by atoms with van der Waals surface area (Å²) in [5.74, 6) is 0.709. The SMILES string of the molecule is C1=CC2(c3ccccc3)C=CC1CC2. The molecule has 3 aliphatic carbocycles. The molecular formula is C14H14. The minimum absolute atomic E-state index is 0.218. The maximum atomic E-state index is 2.39. The molecule has 0 fully saturated rings. The molecular weight excluding hydrogens is 168 g/mol. The van der Waals surface area contributed by atoms with Crippen LogP contribution < -0.4 is 0 Å². The summed E-state index contributed by atoms with van der Waals surface area (Å²) in [6.07, 6.45) is 12.1. The van der Waals surface area contributed by atoms with Crippen molar-refractivity contribution in [2.75, 3.05) is 0 Å². The molecule has 0 nitrogen and oxygen atoms in total. The Bertz CT molecular complexity index is 370. The Balaban J connectivity index is 2.09. The van der Waals surface area contributed by atoms with Crippen LogP contribution in [0.4, 0.5) is 0 Å². The van der Waals surface area contributed by atoms with E-state index >= 15 is 0 Å². The van der Waals surface area contributed by atoms with Gasteiger partial charge in [0.05, 0.1) is 0 Å². The van der Waals surface area contributed by atoms with Crippen molar-refractivity contribution < 1.29 is 0 Å². The van der Waals surface area contributed by atoms with Gasteiger partial charge in [-0.3, -0.25) is 0 Å². The Hall–Kier alpha value is -1.30. The third-order valence-electron chi connectivity index (χ3n) is 3.48. The summed E-state index contributed by atoms with van der Waals surface area (Å²) >= 11 is 0. The van der Waals surface area contributed by atoms with Crippen LogP contribution >= 0.6 is 0 Å². The van der Waals surface area contributed by atoms with Crippen LogP contribution in [0.1, 0.15) is 18.4 Å². The molecule has 0 aromatic heterocycles. The second-order valence-corrected chi connectivity index (χ2v) is 4.33. The highest BCUT2D eigenvalue weighted by Gasteiger charge is 2.33. The number of fused-ring (bicyclic) bond motifs is 1. The van der Waals surface area contributed by atoms with Gasteiger partial charge < -0.3 is 0 Å². The van der Waals surface area contributed by atoms with Gasteiger partial charge in [-0.25, -0.2) is 0 Å². The van der Waals surface area contributed by atoms with Crippen LogP contribution in [-0.4, -0.2) is 0 Å². The normalized spacial score (nSPS) is 33.6. The van der Waals surface area contributed by atoms with Crippen molar-refractivity contribution in [3.8, 4) is 0 Å². The smallest absolute Gasteiger partial charge is 0.0312 e. The summed E-state index contributed by atoms with van der Waals surface area (Å²) in [5.41, 5.74) is 1.65. The van der Waals surface area contributed by atoms with Crippen molar-refractivity contribution in [3.05, 3.63) is 60.2 Å². The van der Waals surface area contributed by atoms with Gasteiger partial charge in [0.1, 0.15) is 0 Å². The average molecular weight is 182 g/mol. The topological polar surface area (TPSA) is 0 Å². The highest BCUT2D eigenvalue weighted by molar-refractivity contribution is 5.41. The third kappa shape index (κ3) is 1.07. The van der Waals surface area contributed by atoms with Gasteiger partial charge >= 0.3 is 0 Å². The van der Waals surface area contributed by atoms with E-state index in [2.05, 4.69) is 54.6 Å². The van der Waals surface area contributed by atoms with E-state index in [1.165, 1.54) is 18.4 Å². The molecule has 70 valence electrons. The van der Waals surface area contributed by atoms with Crippen LogP contribution in [0.2, 0.25) is 0 Å². The zero-order chi connectivity index (χ0) is 9.43. The molecule has 0 saturated heterocycles. The second kappa shape index (κ2) is 2.84. The van der Waals surface area contributed by atoms with Crippen LogP contribution in [0.15, 0.2) is 54.6 Å². The molecule has 0 heteroatoms. The highest BCUT2D eigenvalue weighted by atomic mass is 14.4. The molecule has 2 bridgehead atoms.